The first kappa shape index (κ1) is 6.05. The summed E-state index contributed by atoms with van der Waals surface area (Å²) < 4.78 is 0. The molecule has 2 aliphatic rings. The summed E-state index contributed by atoms with van der Waals surface area (Å²) in [5.74, 6) is 1.67. The Morgan fingerprint density at radius 1 is 1.20 bits per heavy atom. The first-order valence-electron chi connectivity index (χ1n) is 3.96. The monoisotopic (exact) mass is 137 g/mol. The van der Waals surface area contributed by atoms with Crippen LogP contribution in [-0.2, 0) is 0 Å². The third-order valence-electron chi connectivity index (χ3n) is 3.00. The van der Waals surface area contributed by atoms with Gasteiger partial charge in [0, 0.05) is 11.0 Å². The lowest BCUT2D eigenvalue weighted by atomic mass is 9.75. The zero-order valence-electron chi connectivity index (χ0n) is 5.90. The van der Waals surface area contributed by atoms with E-state index in [0.717, 1.165) is 18.3 Å². The van der Waals surface area contributed by atoms with Crippen molar-refractivity contribution in [3.05, 3.63) is 10.4 Å². The third kappa shape index (κ3) is 0.706. The molecule has 0 aromatic heterocycles. The molecule has 0 saturated heterocycles. The predicted octanol–water partition coefficient (Wildman–Crippen LogP) is 2.49. The fourth-order valence-electron chi connectivity index (χ4n) is 2.27. The van der Waals surface area contributed by atoms with Crippen molar-refractivity contribution >= 4 is 0 Å². The van der Waals surface area contributed by atoms with Gasteiger partial charge in [-0.05, 0) is 43.1 Å². The number of azide groups is 1. The fraction of sp³-hybridized carbons (Fsp3) is 1.00. The smallest absolute Gasteiger partial charge is 0.0405 e. The molecule has 0 radical (unpaired) electrons. The van der Waals surface area contributed by atoms with E-state index in [1.807, 2.05) is 0 Å². The summed E-state index contributed by atoms with van der Waals surface area (Å²) >= 11 is 0. The molecule has 3 atom stereocenters. The van der Waals surface area contributed by atoms with Crippen molar-refractivity contribution in [2.75, 3.05) is 0 Å². The second-order valence-corrected chi connectivity index (χ2v) is 3.35. The molecule has 0 N–H and O–H groups in total. The van der Waals surface area contributed by atoms with Crippen LogP contribution in [0.1, 0.15) is 25.7 Å². The standard InChI is InChI=1S/C7H11N3/c8-10-9-7-4-2-5-1-3-6(5)7/h5-7H,1-4H2. The van der Waals surface area contributed by atoms with Crippen molar-refractivity contribution in [3.8, 4) is 0 Å². The number of fused-ring (bicyclic) bond motifs is 1. The molecule has 2 fully saturated rings. The molecule has 0 aromatic rings. The Kier molecular flexibility index (Phi) is 1.31. The van der Waals surface area contributed by atoms with Crippen molar-refractivity contribution in [1.29, 1.82) is 0 Å². The molecule has 10 heavy (non-hydrogen) atoms. The topological polar surface area (TPSA) is 48.8 Å². The highest BCUT2D eigenvalue weighted by Crippen LogP contribution is 2.48. The Bertz CT molecular complexity index is 183. The van der Waals surface area contributed by atoms with E-state index in [1.54, 1.807) is 0 Å². The van der Waals surface area contributed by atoms with Crippen molar-refractivity contribution < 1.29 is 0 Å². The molecular formula is C7H11N3. The third-order valence-corrected chi connectivity index (χ3v) is 3.00. The summed E-state index contributed by atoms with van der Waals surface area (Å²) in [5.41, 5.74) is 8.21. The molecular weight excluding hydrogens is 126 g/mol. The normalized spacial score (nSPS) is 43.4. The maximum Gasteiger partial charge on any atom is 0.0405 e. The minimum atomic E-state index is 0.351. The molecule has 2 aliphatic carbocycles. The number of hydrogen-bond acceptors (Lipinski definition) is 1. The maximum atomic E-state index is 8.21. The van der Waals surface area contributed by atoms with Crippen molar-refractivity contribution in [2.45, 2.75) is 31.7 Å². The average Bonchev–Trinajstić information content (AvgIpc) is 2.08. The van der Waals surface area contributed by atoms with Gasteiger partial charge in [0.2, 0.25) is 0 Å². The Labute approximate surface area is 60.1 Å². The highest BCUT2D eigenvalue weighted by molar-refractivity contribution is 4.95. The Hall–Kier alpha value is -0.690. The summed E-state index contributed by atoms with van der Waals surface area (Å²) in [7, 11) is 0. The molecule has 3 heteroatoms. The molecule has 0 heterocycles. The summed E-state index contributed by atoms with van der Waals surface area (Å²) in [6, 6.07) is 0.351. The van der Waals surface area contributed by atoms with Crippen LogP contribution in [0, 0.1) is 11.8 Å². The van der Waals surface area contributed by atoms with E-state index >= 15 is 0 Å². The van der Waals surface area contributed by atoms with Gasteiger partial charge in [-0.3, -0.25) is 0 Å². The van der Waals surface area contributed by atoms with Crippen LogP contribution >= 0.6 is 0 Å². The summed E-state index contributed by atoms with van der Waals surface area (Å²) in [6.07, 6.45) is 5.12. The van der Waals surface area contributed by atoms with E-state index in [1.165, 1.54) is 19.3 Å². The Morgan fingerprint density at radius 2 is 2.00 bits per heavy atom. The number of hydrogen-bond donors (Lipinski definition) is 0. The van der Waals surface area contributed by atoms with Crippen molar-refractivity contribution in [2.24, 2.45) is 17.0 Å². The van der Waals surface area contributed by atoms with Gasteiger partial charge in [0.05, 0.1) is 0 Å². The van der Waals surface area contributed by atoms with Crippen LogP contribution in [0.3, 0.4) is 0 Å². The van der Waals surface area contributed by atoms with Crippen LogP contribution in [0.15, 0.2) is 5.11 Å². The second-order valence-electron chi connectivity index (χ2n) is 3.35. The summed E-state index contributed by atoms with van der Waals surface area (Å²) in [4.78, 5) is 2.86. The average molecular weight is 137 g/mol. The zero-order chi connectivity index (χ0) is 6.97. The molecule has 54 valence electrons. The Balaban J connectivity index is 2.05. The van der Waals surface area contributed by atoms with E-state index in [2.05, 4.69) is 10.0 Å². The molecule has 0 amide bonds. The SMILES string of the molecule is [N-]=[N+]=NC1CCC2CCC21. The van der Waals surface area contributed by atoms with Crippen LogP contribution in [0.2, 0.25) is 0 Å². The van der Waals surface area contributed by atoms with Crippen LogP contribution in [0.4, 0.5) is 0 Å². The van der Waals surface area contributed by atoms with Gasteiger partial charge in [-0.1, -0.05) is 5.11 Å². The number of rotatable bonds is 1. The van der Waals surface area contributed by atoms with Crippen LogP contribution < -0.4 is 0 Å². The highest BCUT2D eigenvalue weighted by atomic mass is 15.2. The van der Waals surface area contributed by atoms with Crippen molar-refractivity contribution in [1.82, 2.24) is 0 Å². The lowest BCUT2D eigenvalue weighted by molar-refractivity contribution is 0.202. The zero-order valence-corrected chi connectivity index (χ0v) is 5.90. The minimum absolute atomic E-state index is 0.351. The van der Waals surface area contributed by atoms with Gasteiger partial charge < -0.3 is 0 Å². The van der Waals surface area contributed by atoms with E-state index in [4.69, 9.17) is 5.53 Å². The second kappa shape index (κ2) is 2.17. The van der Waals surface area contributed by atoms with Crippen LogP contribution in [0.5, 0.6) is 0 Å². The van der Waals surface area contributed by atoms with Gasteiger partial charge in [0.1, 0.15) is 0 Å². The Morgan fingerprint density at radius 3 is 2.50 bits per heavy atom. The van der Waals surface area contributed by atoms with Gasteiger partial charge in [-0.25, -0.2) is 0 Å². The van der Waals surface area contributed by atoms with Gasteiger partial charge in [0.15, 0.2) is 0 Å². The van der Waals surface area contributed by atoms with E-state index in [-0.39, 0.29) is 0 Å². The van der Waals surface area contributed by atoms with Crippen molar-refractivity contribution in [3.63, 3.8) is 0 Å². The molecule has 0 aromatic carbocycles. The van der Waals surface area contributed by atoms with E-state index in [0.29, 0.717) is 6.04 Å². The maximum absolute atomic E-state index is 8.21. The quantitative estimate of drug-likeness (QED) is 0.303. The molecule has 0 spiro atoms. The molecule has 3 unspecified atom stereocenters. The van der Waals surface area contributed by atoms with E-state index < -0.39 is 0 Å². The minimum Gasteiger partial charge on any atom is -0.0903 e. The van der Waals surface area contributed by atoms with Crippen LogP contribution in [0.25, 0.3) is 10.4 Å². The molecule has 0 bridgehead atoms. The highest BCUT2D eigenvalue weighted by Gasteiger charge is 2.41. The fourth-order valence-corrected chi connectivity index (χ4v) is 2.27. The first-order valence-corrected chi connectivity index (χ1v) is 3.96. The number of nitrogens with zero attached hydrogens (tertiary/aromatic N) is 3. The molecule has 0 aliphatic heterocycles. The summed E-state index contributed by atoms with van der Waals surface area (Å²) in [6.45, 7) is 0. The molecule has 2 rings (SSSR count). The van der Waals surface area contributed by atoms with Gasteiger partial charge in [-0.15, -0.1) is 0 Å². The van der Waals surface area contributed by atoms with Gasteiger partial charge in [0.25, 0.3) is 0 Å². The largest absolute Gasteiger partial charge is 0.0903 e. The van der Waals surface area contributed by atoms with E-state index in [9.17, 15) is 0 Å². The lowest BCUT2D eigenvalue weighted by Crippen LogP contribution is -2.26. The van der Waals surface area contributed by atoms with Crippen LogP contribution in [-0.4, -0.2) is 6.04 Å². The van der Waals surface area contributed by atoms with Gasteiger partial charge in [-0.2, -0.15) is 0 Å². The van der Waals surface area contributed by atoms with Gasteiger partial charge >= 0.3 is 0 Å². The molecule has 2 saturated carbocycles. The molecule has 3 nitrogen and oxygen atoms in total. The predicted molar refractivity (Wildman–Crippen MR) is 38.4 cm³/mol. The first-order chi connectivity index (χ1) is 4.92. The summed E-state index contributed by atoms with van der Waals surface area (Å²) in [5, 5.41) is 3.79. The lowest BCUT2D eigenvalue weighted by Gasteiger charge is -2.32.